The molecule has 1 fully saturated rings. The van der Waals surface area contributed by atoms with Gasteiger partial charge < -0.3 is 20.1 Å². The average Bonchev–Trinajstić information content (AvgIpc) is 3.23. The third-order valence-corrected chi connectivity index (χ3v) is 7.56. The molecule has 170 valence electrons. The number of para-hydroxylation sites is 1. The van der Waals surface area contributed by atoms with E-state index in [-0.39, 0.29) is 53.3 Å². The number of nitrogens with zero attached hydrogens (tertiary/aromatic N) is 2. The second-order valence-electron chi connectivity index (χ2n) is 7.52. The van der Waals surface area contributed by atoms with Gasteiger partial charge in [-0.3, -0.25) is 5.10 Å². The Bertz CT molecular complexity index is 1230. The zero-order chi connectivity index (χ0) is 22.9. The molecule has 0 bridgehead atoms. The minimum absolute atomic E-state index is 0.0559. The number of nitrogens with one attached hydrogen (secondary N) is 1. The van der Waals surface area contributed by atoms with Crippen LogP contribution in [0.3, 0.4) is 0 Å². The maximum Gasteiger partial charge on any atom is 0.246 e. The Labute approximate surface area is 189 Å². The van der Waals surface area contributed by atoms with Crippen molar-refractivity contribution in [3.8, 4) is 34.3 Å². The summed E-state index contributed by atoms with van der Waals surface area (Å²) in [4.78, 5) is -0.365. The molecule has 1 atom stereocenters. The molecule has 9 nitrogen and oxygen atoms in total. The quantitative estimate of drug-likeness (QED) is 0.425. The van der Waals surface area contributed by atoms with E-state index in [9.17, 15) is 23.7 Å². The van der Waals surface area contributed by atoms with Gasteiger partial charge >= 0.3 is 0 Å². The molecule has 0 amide bonds. The van der Waals surface area contributed by atoms with Crippen molar-refractivity contribution in [1.29, 1.82) is 0 Å². The molecule has 11 heteroatoms. The van der Waals surface area contributed by atoms with Gasteiger partial charge in [0, 0.05) is 31.3 Å². The van der Waals surface area contributed by atoms with Crippen molar-refractivity contribution in [3.05, 3.63) is 47.6 Å². The van der Waals surface area contributed by atoms with Crippen molar-refractivity contribution < 1.29 is 28.5 Å². The predicted molar refractivity (Wildman–Crippen MR) is 117 cm³/mol. The molecule has 1 aliphatic heterocycles. The number of ether oxygens (including phenoxy) is 1. The molecule has 4 rings (SSSR count). The van der Waals surface area contributed by atoms with Gasteiger partial charge in [-0.1, -0.05) is 23.7 Å². The average molecular weight is 480 g/mol. The minimum Gasteiger partial charge on any atom is -0.507 e. The fourth-order valence-corrected chi connectivity index (χ4v) is 5.50. The van der Waals surface area contributed by atoms with Gasteiger partial charge in [0.05, 0.1) is 11.2 Å². The van der Waals surface area contributed by atoms with E-state index < -0.39 is 15.8 Å². The monoisotopic (exact) mass is 479 g/mol. The Morgan fingerprint density at radius 2 is 1.97 bits per heavy atom. The number of phenolic OH excluding ortho intramolecular Hbond substituents is 2. The standard InChI is InChI=1S/C21H22ClN3O6S/c22-15-5-1-2-6-18(15)31-19-10-23-24-21(19)14-8-20(17(28)9-16(14)27)32(29,30)25-7-3-4-13(11-25)12-26/h1-2,5-6,8-10,13,26-28H,3-4,7,11-12H2,(H,23,24). The summed E-state index contributed by atoms with van der Waals surface area (Å²) in [7, 11) is -4.08. The van der Waals surface area contributed by atoms with E-state index >= 15 is 0 Å². The number of aromatic nitrogens is 2. The van der Waals surface area contributed by atoms with Crippen molar-refractivity contribution in [3.63, 3.8) is 0 Å². The molecule has 32 heavy (non-hydrogen) atoms. The number of halogens is 1. The third-order valence-electron chi connectivity index (χ3n) is 5.35. The zero-order valence-corrected chi connectivity index (χ0v) is 18.5. The highest BCUT2D eigenvalue weighted by Crippen LogP contribution is 2.42. The molecule has 3 aromatic rings. The normalized spacial score (nSPS) is 17.4. The van der Waals surface area contributed by atoms with Crippen LogP contribution in [0.5, 0.6) is 23.0 Å². The van der Waals surface area contributed by atoms with Gasteiger partial charge in [-0.05, 0) is 37.0 Å². The van der Waals surface area contributed by atoms with E-state index in [0.29, 0.717) is 17.2 Å². The molecule has 0 aliphatic carbocycles. The second kappa shape index (κ2) is 8.99. The van der Waals surface area contributed by atoms with Crippen molar-refractivity contribution in [1.82, 2.24) is 14.5 Å². The zero-order valence-electron chi connectivity index (χ0n) is 16.9. The number of piperidine rings is 1. The highest BCUT2D eigenvalue weighted by atomic mass is 35.5. The summed E-state index contributed by atoms with van der Waals surface area (Å²) >= 11 is 6.15. The van der Waals surface area contributed by atoms with Crippen LogP contribution in [0.1, 0.15) is 12.8 Å². The first kappa shape index (κ1) is 22.4. The molecule has 2 aromatic carbocycles. The minimum atomic E-state index is -4.08. The first-order valence-electron chi connectivity index (χ1n) is 9.94. The SMILES string of the molecule is O=S(=O)(c1cc(-c2n[nH]cc2Oc2ccccc2Cl)c(O)cc1O)N1CCCC(CO)C1. The lowest BCUT2D eigenvalue weighted by molar-refractivity contribution is 0.165. The van der Waals surface area contributed by atoms with Gasteiger partial charge in [0.1, 0.15) is 27.8 Å². The topological polar surface area (TPSA) is 136 Å². The molecule has 0 radical (unpaired) electrons. The second-order valence-corrected chi connectivity index (χ2v) is 9.84. The number of sulfonamides is 1. The summed E-state index contributed by atoms with van der Waals surface area (Å²) in [5.74, 6) is -0.558. The molecule has 1 aromatic heterocycles. The van der Waals surface area contributed by atoms with Gasteiger partial charge in [0.2, 0.25) is 10.0 Å². The Kier molecular flexibility index (Phi) is 6.29. The largest absolute Gasteiger partial charge is 0.507 e. The van der Waals surface area contributed by atoms with Crippen LogP contribution >= 0.6 is 11.6 Å². The Morgan fingerprint density at radius 3 is 2.72 bits per heavy atom. The van der Waals surface area contributed by atoms with E-state index in [0.717, 1.165) is 18.6 Å². The molecular weight excluding hydrogens is 458 g/mol. The number of aromatic hydroxyl groups is 2. The summed E-state index contributed by atoms with van der Waals surface area (Å²) in [5, 5.41) is 37.3. The van der Waals surface area contributed by atoms with Crippen LogP contribution < -0.4 is 4.74 Å². The van der Waals surface area contributed by atoms with Crippen LogP contribution in [0, 0.1) is 5.92 Å². The van der Waals surface area contributed by atoms with E-state index in [1.54, 1.807) is 24.3 Å². The maximum atomic E-state index is 13.2. The number of hydrogen-bond acceptors (Lipinski definition) is 7. The van der Waals surface area contributed by atoms with Crippen molar-refractivity contribution >= 4 is 21.6 Å². The number of H-pyrrole nitrogens is 1. The summed E-state index contributed by atoms with van der Waals surface area (Å²) in [5.41, 5.74) is 0.200. The Morgan fingerprint density at radius 1 is 1.19 bits per heavy atom. The number of benzene rings is 2. The van der Waals surface area contributed by atoms with E-state index in [1.807, 2.05) is 0 Å². The molecule has 4 N–H and O–H groups in total. The highest BCUT2D eigenvalue weighted by molar-refractivity contribution is 7.89. The lowest BCUT2D eigenvalue weighted by Gasteiger charge is -2.31. The van der Waals surface area contributed by atoms with Gasteiger partial charge in [-0.2, -0.15) is 9.40 Å². The smallest absolute Gasteiger partial charge is 0.246 e. The van der Waals surface area contributed by atoms with E-state index in [4.69, 9.17) is 16.3 Å². The molecule has 2 heterocycles. The van der Waals surface area contributed by atoms with Crippen LogP contribution in [0.4, 0.5) is 0 Å². The number of hydrogen-bond donors (Lipinski definition) is 4. The van der Waals surface area contributed by atoms with Crippen LogP contribution in [0.2, 0.25) is 5.02 Å². The van der Waals surface area contributed by atoms with Gasteiger partial charge in [0.15, 0.2) is 5.75 Å². The summed E-state index contributed by atoms with van der Waals surface area (Å²) in [6.07, 6.45) is 2.77. The van der Waals surface area contributed by atoms with Gasteiger partial charge in [-0.15, -0.1) is 0 Å². The van der Waals surface area contributed by atoms with Crippen molar-refractivity contribution in [2.75, 3.05) is 19.7 Å². The highest BCUT2D eigenvalue weighted by Gasteiger charge is 2.33. The Hall–Kier alpha value is -2.79. The van der Waals surface area contributed by atoms with Crippen LogP contribution in [0.25, 0.3) is 11.3 Å². The summed E-state index contributed by atoms with van der Waals surface area (Å²) in [6.45, 7) is 0.310. The number of aliphatic hydroxyl groups excluding tert-OH is 1. The van der Waals surface area contributed by atoms with E-state index in [1.165, 1.54) is 10.5 Å². The molecule has 1 saturated heterocycles. The molecule has 0 saturated carbocycles. The molecule has 1 unspecified atom stereocenters. The number of aliphatic hydroxyl groups is 1. The van der Waals surface area contributed by atoms with Crippen molar-refractivity contribution in [2.24, 2.45) is 5.92 Å². The fraction of sp³-hybridized carbons (Fsp3) is 0.286. The van der Waals surface area contributed by atoms with Crippen LogP contribution in [-0.2, 0) is 10.0 Å². The number of rotatable bonds is 6. The first-order valence-corrected chi connectivity index (χ1v) is 11.8. The van der Waals surface area contributed by atoms with Gasteiger partial charge in [-0.25, -0.2) is 8.42 Å². The fourth-order valence-electron chi connectivity index (χ4n) is 3.68. The molecule has 1 aliphatic rings. The summed E-state index contributed by atoms with van der Waals surface area (Å²) < 4.78 is 33.5. The molecule has 0 spiro atoms. The van der Waals surface area contributed by atoms with Crippen LogP contribution in [0.15, 0.2) is 47.5 Å². The lowest BCUT2D eigenvalue weighted by Crippen LogP contribution is -2.40. The lowest BCUT2D eigenvalue weighted by atomic mass is 10.0. The third kappa shape index (κ3) is 4.26. The first-order chi connectivity index (χ1) is 15.3. The summed E-state index contributed by atoms with van der Waals surface area (Å²) in [6, 6.07) is 8.91. The van der Waals surface area contributed by atoms with Crippen LogP contribution in [-0.4, -0.2) is 57.9 Å². The predicted octanol–water partition coefficient (Wildman–Crippen LogP) is 3.33. The Balaban J connectivity index is 1.73. The van der Waals surface area contributed by atoms with Gasteiger partial charge in [0.25, 0.3) is 0 Å². The number of aromatic amines is 1. The maximum absolute atomic E-state index is 13.2. The van der Waals surface area contributed by atoms with Crippen molar-refractivity contribution in [2.45, 2.75) is 17.7 Å². The molecular formula is C21H22ClN3O6S. The number of phenols is 2. The van der Waals surface area contributed by atoms with E-state index in [2.05, 4.69) is 10.2 Å².